The number of benzene rings is 1. The van der Waals surface area contributed by atoms with E-state index >= 15 is 0 Å². The summed E-state index contributed by atoms with van der Waals surface area (Å²) < 4.78 is 48.5. The maximum Gasteiger partial charge on any atom is 0.416 e. The van der Waals surface area contributed by atoms with Crippen LogP contribution < -0.4 is 4.74 Å². The van der Waals surface area contributed by atoms with E-state index in [0.717, 1.165) is 55.4 Å². The average molecular weight is 593 g/mol. The minimum absolute atomic E-state index is 0.107. The van der Waals surface area contributed by atoms with E-state index in [2.05, 4.69) is 31.7 Å². The Morgan fingerprint density at radius 2 is 1.84 bits per heavy atom. The van der Waals surface area contributed by atoms with Gasteiger partial charge in [0.05, 0.1) is 29.6 Å². The number of rotatable bonds is 7. The number of aromatic nitrogens is 3. The van der Waals surface area contributed by atoms with Crippen molar-refractivity contribution in [1.29, 1.82) is 0 Å². The number of carbonyl (C=O) groups is 1. The second-order valence-corrected chi connectivity index (χ2v) is 11.2. The molecule has 0 aliphatic carbocycles. The number of hydrogen-bond donors (Lipinski definition) is 1. The molecule has 1 aromatic carbocycles. The van der Waals surface area contributed by atoms with Crippen LogP contribution in [0.25, 0.3) is 11.0 Å². The quantitative estimate of drug-likeness (QED) is 0.301. The molecule has 226 valence electrons. The van der Waals surface area contributed by atoms with Gasteiger partial charge in [-0.1, -0.05) is 19.1 Å². The zero-order chi connectivity index (χ0) is 30.1. The van der Waals surface area contributed by atoms with Crippen molar-refractivity contribution >= 4 is 16.9 Å². The molecule has 43 heavy (non-hydrogen) atoms. The molecule has 1 atom stereocenters. The predicted molar refractivity (Wildman–Crippen MR) is 157 cm³/mol. The van der Waals surface area contributed by atoms with Gasteiger partial charge in [0.15, 0.2) is 0 Å². The number of nitrogens with zero attached hydrogens (tertiary/aromatic N) is 5. The zero-order valence-electron chi connectivity index (χ0n) is 24.3. The fraction of sp³-hybridized carbons (Fsp3) is 0.406. The van der Waals surface area contributed by atoms with Crippen LogP contribution >= 0.6 is 0 Å². The largest absolute Gasteiger partial charge is 0.455 e. The molecular weight excluding hydrogens is 557 g/mol. The number of likely N-dealkylation sites (N-methyl/N-ethyl adjacent to an activating group) is 1. The number of aromatic amines is 1. The highest BCUT2D eigenvalue weighted by molar-refractivity contribution is 5.82. The Balaban J connectivity index is 1.16. The number of alkyl halides is 3. The van der Waals surface area contributed by atoms with E-state index < -0.39 is 11.7 Å². The lowest BCUT2D eigenvalue weighted by Crippen LogP contribution is -2.45. The van der Waals surface area contributed by atoms with Gasteiger partial charge in [-0.25, -0.2) is 4.98 Å². The molecular formula is C32H35F3N6O2. The van der Waals surface area contributed by atoms with E-state index in [4.69, 9.17) is 4.74 Å². The molecule has 3 aromatic heterocycles. The Morgan fingerprint density at radius 1 is 1.05 bits per heavy atom. The third kappa shape index (κ3) is 6.23. The molecule has 6 rings (SSSR count). The molecule has 1 N–H and O–H groups in total. The van der Waals surface area contributed by atoms with Gasteiger partial charge < -0.3 is 19.5 Å². The van der Waals surface area contributed by atoms with Crippen molar-refractivity contribution in [2.45, 2.75) is 45.5 Å². The van der Waals surface area contributed by atoms with Crippen LogP contribution in [-0.2, 0) is 30.4 Å². The summed E-state index contributed by atoms with van der Waals surface area (Å²) in [6, 6.07) is 9.61. The first-order chi connectivity index (χ1) is 20.7. The molecule has 0 spiro atoms. The Morgan fingerprint density at radius 3 is 2.60 bits per heavy atom. The molecule has 2 aliphatic rings. The third-order valence-electron chi connectivity index (χ3n) is 8.60. The topological polar surface area (TPSA) is 77.6 Å². The summed E-state index contributed by atoms with van der Waals surface area (Å²) in [5.41, 5.74) is 2.41. The van der Waals surface area contributed by atoms with Crippen LogP contribution in [0.15, 0.2) is 55.0 Å². The number of fused-ring (bicyclic) bond motifs is 2. The maximum absolute atomic E-state index is 14.1. The van der Waals surface area contributed by atoms with Crippen molar-refractivity contribution in [3.05, 3.63) is 82.9 Å². The van der Waals surface area contributed by atoms with E-state index in [1.54, 1.807) is 41.7 Å². The molecule has 4 aromatic rings. The predicted octanol–water partition coefficient (Wildman–Crippen LogP) is 5.59. The highest BCUT2D eigenvalue weighted by Crippen LogP contribution is 2.36. The molecule has 11 heteroatoms. The molecule has 5 heterocycles. The Hall–Kier alpha value is -3.96. The van der Waals surface area contributed by atoms with Crippen LogP contribution in [-0.4, -0.2) is 74.8 Å². The Labute approximate surface area is 248 Å². The highest BCUT2D eigenvalue weighted by Gasteiger charge is 2.35. The Kier molecular flexibility index (Phi) is 8.11. The number of pyridine rings is 2. The lowest BCUT2D eigenvalue weighted by molar-refractivity contribution is -0.139. The molecule has 0 unspecified atom stereocenters. The van der Waals surface area contributed by atoms with Crippen molar-refractivity contribution in [3.63, 3.8) is 0 Å². The SMILES string of the molecule is CCN1CCN(Cc2ccc(CC(=O)N3CCc4ncc(Oc5ccnc6[nH]ccc56)cc4[C@@H]3C)cc2C(F)(F)F)CC1. The van der Waals surface area contributed by atoms with Gasteiger partial charge in [-0.15, -0.1) is 0 Å². The minimum atomic E-state index is -4.50. The van der Waals surface area contributed by atoms with Gasteiger partial charge in [-0.2, -0.15) is 13.2 Å². The maximum atomic E-state index is 14.1. The van der Waals surface area contributed by atoms with Gasteiger partial charge in [0.1, 0.15) is 17.1 Å². The average Bonchev–Trinajstić information content (AvgIpc) is 3.48. The third-order valence-corrected chi connectivity index (χ3v) is 8.60. The molecule has 8 nitrogen and oxygen atoms in total. The number of piperazine rings is 1. The summed E-state index contributed by atoms with van der Waals surface area (Å²) in [5, 5.41) is 0.841. The van der Waals surface area contributed by atoms with E-state index in [1.165, 1.54) is 0 Å². The first-order valence-electron chi connectivity index (χ1n) is 14.7. The van der Waals surface area contributed by atoms with Gasteiger partial charge in [0.2, 0.25) is 5.91 Å². The van der Waals surface area contributed by atoms with Gasteiger partial charge in [-0.05, 0) is 54.4 Å². The van der Waals surface area contributed by atoms with Crippen LogP contribution in [0.5, 0.6) is 11.5 Å². The van der Waals surface area contributed by atoms with E-state index in [9.17, 15) is 18.0 Å². The summed E-state index contributed by atoms with van der Waals surface area (Å²) >= 11 is 0. The number of ether oxygens (including phenoxy) is 1. The van der Waals surface area contributed by atoms with Crippen molar-refractivity contribution in [2.24, 2.45) is 0 Å². The van der Waals surface area contributed by atoms with E-state index in [1.807, 2.05) is 19.1 Å². The number of carbonyl (C=O) groups excluding carboxylic acids is 1. The summed E-state index contributed by atoms with van der Waals surface area (Å²) in [4.78, 5) is 31.5. The molecule has 1 amide bonds. The van der Waals surface area contributed by atoms with Crippen molar-refractivity contribution in [3.8, 4) is 11.5 Å². The molecule has 0 saturated carbocycles. The van der Waals surface area contributed by atoms with Gasteiger partial charge in [-0.3, -0.25) is 14.7 Å². The van der Waals surface area contributed by atoms with Crippen molar-refractivity contribution in [1.82, 2.24) is 29.7 Å². The van der Waals surface area contributed by atoms with Gasteiger partial charge in [0, 0.05) is 63.8 Å². The van der Waals surface area contributed by atoms with Crippen LogP contribution in [0.3, 0.4) is 0 Å². The lowest BCUT2D eigenvalue weighted by atomic mass is 9.96. The number of amides is 1. The zero-order valence-corrected chi connectivity index (χ0v) is 24.3. The monoisotopic (exact) mass is 592 g/mol. The van der Waals surface area contributed by atoms with Crippen molar-refractivity contribution in [2.75, 3.05) is 39.3 Å². The number of halogens is 3. The summed E-state index contributed by atoms with van der Waals surface area (Å²) in [6.45, 7) is 8.82. The second kappa shape index (κ2) is 12.0. The van der Waals surface area contributed by atoms with Crippen LogP contribution in [0.1, 0.15) is 47.8 Å². The summed E-state index contributed by atoms with van der Waals surface area (Å²) in [5.74, 6) is 0.954. The van der Waals surface area contributed by atoms with E-state index in [-0.39, 0.29) is 30.5 Å². The molecule has 1 saturated heterocycles. The number of H-pyrrole nitrogens is 1. The number of hydrogen-bond acceptors (Lipinski definition) is 6. The normalized spacial score (nSPS) is 18.2. The fourth-order valence-corrected chi connectivity index (χ4v) is 6.11. The molecule has 0 bridgehead atoms. The first kappa shape index (κ1) is 29.1. The molecule has 1 fully saturated rings. The first-order valence-corrected chi connectivity index (χ1v) is 14.7. The fourth-order valence-electron chi connectivity index (χ4n) is 6.11. The van der Waals surface area contributed by atoms with Crippen LogP contribution in [0.2, 0.25) is 0 Å². The van der Waals surface area contributed by atoms with E-state index in [0.29, 0.717) is 35.7 Å². The van der Waals surface area contributed by atoms with Crippen LogP contribution in [0, 0.1) is 0 Å². The Bertz CT molecular complexity index is 1610. The molecule has 2 aliphatic heterocycles. The summed E-state index contributed by atoms with van der Waals surface area (Å²) in [7, 11) is 0. The second-order valence-electron chi connectivity index (χ2n) is 11.2. The highest BCUT2D eigenvalue weighted by atomic mass is 19.4. The number of nitrogens with one attached hydrogen (secondary N) is 1. The summed E-state index contributed by atoms with van der Waals surface area (Å²) in [6.07, 6.45) is 1.07. The van der Waals surface area contributed by atoms with Crippen LogP contribution in [0.4, 0.5) is 13.2 Å². The van der Waals surface area contributed by atoms with Gasteiger partial charge in [0.25, 0.3) is 0 Å². The standard InChI is InChI=1S/C32H35F3N6O2/c1-3-39-12-14-40(15-13-39)20-23-5-4-22(16-27(23)32(33,34)35)17-30(42)41-11-8-28-26(21(41)2)18-24(19-38-28)43-29-7-10-37-31-25(29)6-9-36-31/h4-7,9-10,16,18-19,21H,3,8,11-15,17,20H2,1-2H3,(H,36,37)/t21-/m0/s1. The molecule has 0 radical (unpaired) electrons. The van der Waals surface area contributed by atoms with Gasteiger partial charge >= 0.3 is 6.18 Å². The lowest BCUT2D eigenvalue weighted by Gasteiger charge is -2.35. The smallest absolute Gasteiger partial charge is 0.416 e. The van der Waals surface area contributed by atoms with Crippen molar-refractivity contribution < 1.29 is 22.7 Å². The minimum Gasteiger partial charge on any atom is -0.455 e.